The van der Waals surface area contributed by atoms with Crippen molar-refractivity contribution in [1.82, 2.24) is 20.0 Å². The Balaban J connectivity index is 0.943. The Bertz CT molecular complexity index is 1920. The molecule has 13 nitrogen and oxygen atoms in total. The fourth-order valence-corrected chi connectivity index (χ4v) is 8.71. The number of ether oxygens (including phenoxy) is 1. The van der Waals surface area contributed by atoms with Gasteiger partial charge in [-0.15, -0.1) is 0 Å². The highest BCUT2D eigenvalue weighted by molar-refractivity contribution is 7.80. The number of imide groups is 1. The number of piperidine rings is 1. The van der Waals surface area contributed by atoms with Gasteiger partial charge >= 0.3 is 6.18 Å². The summed E-state index contributed by atoms with van der Waals surface area (Å²) >= 11 is 5.71. The number of nitriles is 1. The molecule has 3 aliphatic heterocycles. The van der Waals surface area contributed by atoms with Gasteiger partial charge in [-0.25, -0.2) is 4.39 Å². The molecule has 1 saturated carbocycles. The second-order valence-electron chi connectivity index (χ2n) is 15.5. The zero-order valence-electron chi connectivity index (χ0n) is 31.9. The van der Waals surface area contributed by atoms with Crippen molar-refractivity contribution in [2.45, 2.75) is 102 Å². The molecule has 3 atom stereocenters. The number of thiocarbonyl (C=S) groups is 1. The number of piperazine rings is 1. The standard InChI is InChI=1S/C39H46F4N8O5S/c1-23-20-48(21-32(40)49(23)22-34(53)46-26-6-4-5-25(17-26)45-31-13-14-33(52)47-35(31)54)15-16-56-29-11-9-27(10-12-29)51-37(57)50(36(55)38(51,2)3)28-8-7-24(19-44)30(18-28)39(41,42)43/h4-8,17-18,23,27,29,31-32,45H,9-16,20-22H2,1-3H3,(H,46,53)(H,47,52,54)/t23-,27?,29?,31+,32-/m0/s1. The van der Waals surface area contributed by atoms with E-state index in [1.165, 1.54) is 11.0 Å². The number of nitrogens with zero attached hydrogens (tertiary/aromatic N) is 5. The summed E-state index contributed by atoms with van der Waals surface area (Å²) in [5.41, 5.74) is -1.73. The minimum absolute atomic E-state index is 0.0401. The SMILES string of the molecule is C[C@H]1CN(CCOC2CCC(N3C(=S)N(c4ccc(C#N)c(C(F)(F)F)c4)C(=O)C3(C)C)CC2)C[C@@H](F)N1CC(=O)Nc1cccc(N[C@@H]2CCC(=O)NC2=O)c1. The lowest BCUT2D eigenvalue weighted by molar-refractivity contribution is -0.138. The summed E-state index contributed by atoms with van der Waals surface area (Å²) in [7, 11) is 0. The van der Waals surface area contributed by atoms with Gasteiger partial charge in [0.2, 0.25) is 17.7 Å². The van der Waals surface area contributed by atoms with E-state index in [1.54, 1.807) is 44.2 Å². The van der Waals surface area contributed by atoms with Crippen LogP contribution in [0.5, 0.6) is 0 Å². The second-order valence-corrected chi connectivity index (χ2v) is 15.9. The first-order valence-corrected chi connectivity index (χ1v) is 19.4. The van der Waals surface area contributed by atoms with Crippen molar-refractivity contribution >= 4 is 58.0 Å². The van der Waals surface area contributed by atoms with Gasteiger partial charge in [0.25, 0.3) is 5.91 Å². The molecular weight excluding hydrogens is 769 g/mol. The maximum absolute atomic E-state index is 15.5. The third-order valence-electron chi connectivity index (χ3n) is 11.1. The highest BCUT2D eigenvalue weighted by Crippen LogP contribution is 2.40. The molecule has 0 spiro atoms. The number of carbonyl (C=O) groups excluding carboxylic acids is 4. The third-order valence-corrected chi connectivity index (χ3v) is 11.5. The van der Waals surface area contributed by atoms with E-state index in [0.717, 1.165) is 17.0 Å². The normalized spacial score (nSPS) is 26.0. The molecule has 1 aliphatic carbocycles. The number of hydrogen-bond acceptors (Lipinski definition) is 10. The lowest BCUT2D eigenvalue weighted by atomic mass is 9.89. The van der Waals surface area contributed by atoms with Gasteiger partial charge in [-0.1, -0.05) is 6.07 Å². The molecule has 6 rings (SSSR count). The number of hydrogen-bond donors (Lipinski definition) is 3. The average Bonchev–Trinajstić information content (AvgIpc) is 3.32. The van der Waals surface area contributed by atoms with Gasteiger partial charge in [-0.05, 0) is 101 Å². The summed E-state index contributed by atoms with van der Waals surface area (Å²) in [6.07, 6.45) is -3.01. The Hall–Kier alpha value is -4.70. The smallest absolute Gasteiger partial charge is 0.377 e. The van der Waals surface area contributed by atoms with E-state index in [-0.39, 0.29) is 60.3 Å². The van der Waals surface area contributed by atoms with Gasteiger partial charge in [0.05, 0.1) is 42.1 Å². The van der Waals surface area contributed by atoms with Gasteiger partial charge in [0, 0.05) is 49.5 Å². The van der Waals surface area contributed by atoms with E-state index in [2.05, 4.69) is 16.0 Å². The Kier molecular flexibility index (Phi) is 12.5. The van der Waals surface area contributed by atoms with Crippen LogP contribution in [0, 0.1) is 11.3 Å². The monoisotopic (exact) mass is 814 g/mol. The molecule has 0 unspecified atom stereocenters. The summed E-state index contributed by atoms with van der Waals surface area (Å²) in [5, 5.41) is 17.5. The molecule has 306 valence electrons. The molecular formula is C39H46F4N8O5S. The van der Waals surface area contributed by atoms with Gasteiger partial charge in [-0.2, -0.15) is 18.4 Å². The van der Waals surface area contributed by atoms with Crippen LogP contribution in [0.3, 0.4) is 0 Å². The number of halogens is 4. The summed E-state index contributed by atoms with van der Waals surface area (Å²) < 4.78 is 62.8. The van der Waals surface area contributed by atoms with Crippen LogP contribution in [-0.4, -0.2) is 112 Å². The molecule has 3 N–H and O–H groups in total. The minimum Gasteiger partial charge on any atom is -0.377 e. The second kappa shape index (κ2) is 17.0. The topological polar surface area (TPSA) is 150 Å². The Morgan fingerprint density at radius 1 is 1.05 bits per heavy atom. The lowest BCUT2D eigenvalue weighted by Crippen LogP contribution is -2.58. The Morgan fingerprint density at radius 2 is 1.77 bits per heavy atom. The maximum Gasteiger partial charge on any atom is 0.417 e. The van der Waals surface area contributed by atoms with Gasteiger partial charge in [0.15, 0.2) is 11.4 Å². The van der Waals surface area contributed by atoms with E-state index in [4.69, 9.17) is 17.0 Å². The predicted molar refractivity (Wildman–Crippen MR) is 207 cm³/mol. The fraction of sp³-hybridized carbons (Fsp3) is 0.538. The summed E-state index contributed by atoms with van der Waals surface area (Å²) in [4.78, 5) is 56.6. The Labute approximate surface area is 333 Å². The van der Waals surface area contributed by atoms with E-state index in [9.17, 15) is 37.6 Å². The number of carbonyl (C=O) groups is 4. The van der Waals surface area contributed by atoms with E-state index < -0.39 is 47.0 Å². The fourth-order valence-electron chi connectivity index (χ4n) is 8.14. The molecule has 4 amide bonds. The van der Waals surface area contributed by atoms with Crippen molar-refractivity contribution in [3.63, 3.8) is 0 Å². The number of amides is 4. The van der Waals surface area contributed by atoms with Gasteiger partial charge in [0.1, 0.15) is 11.6 Å². The molecule has 4 fully saturated rings. The van der Waals surface area contributed by atoms with Crippen LogP contribution in [-0.2, 0) is 30.1 Å². The van der Waals surface area contributed by atoms with Crippen LogP contribution in [0.15, 0.2) is 42.5 Å². The molecule has 3 heterocycles. The molecule has 0 aromatic heterocycles. The molecule has 0 bridgehead atoms. The van der Waals surface area contributed by atoms with Crippen molar-refractivity contribution in [3.8, 4) is 6.07 Å². The predicted octanol–water partition coefficient (Wildman–Crippen LogP) is 4.77. The molecule has 4 aliphatic rings. The van der Waals surface area contributed by atoms with Crippen molar-refractivity contribution in [1.29, 1.82) is 5.26 Å². The summed E-state index contributed by atoms with van der Waals surface area (Å²) in [6, 6.07) is 10.6. The highest BCUT2D eigenvalue weighted by Gasteiger charge is 2.52. The Morgan fingerprint density at radius 3 is 2.44 bits per heavy atom. The molecule has 18 heteroatoms. The largest absolute Gasteiger partial charge is 0.417 e. The van der Waals surface area contributed by atoms with Crippen molar-refractivity contribution in [3.05, 3.63) is 53.6 Å². The van der Waals surface area contributed by atoms with Crippen LogP contribution >= 0.6 is 12.2 Å². The van der Waals surface area contributed by atoms with E-state index in [1.807, 2.05) is 16.7 Å². The van der Waals surface area contributed by atoms with Crippen LogP contribution in [0.25, 0.3) is 0 Å². The number of nitrogens with one attached hydrogen (secondary N) is 3. The van der Waals surface area contributed by atoms with Crippen LogP contribution < -0.4 is 20.9 Å². The average molecular weight is 815 g/mol. The number of benzene rings is 2. The van der Waals surface area contributed by atoms with Crippen LogP contribution in [0.4, 0.5) is 34.6 Å². The maximum atomic E-state index is 15.5. The first-order chi connectivity index (χ1) is 27.0. The van der Waals surface area contributed by atoms with Crippen LogP contribution in [0.1, 0.15) is 70.4 Å². The van der Waals surface area contributed by atoms with E-state index >= 15 is 4.39 Å². The molecule has 2 aromatic rings. The zero-order valence-corrected chi connectivity index (χ0v) is 32.7. The number of anilines is 3. The first-order valence-electron chi connectivity index (χ1n) is 19.0. The molecule has 3 saturated heterocycles. The third kappa shape index (κ3) is 9.38. The van der Waals surface area contributed by atoms with Crippen LogP contribution in [0.2, 0.25) is 0 Å². The number of rotatable bonds is 11. The van der Waals surface area contributed by atoms with Crippen molar-refractivity contribution < 1.29 is 41.5 Å². The lowest BCUT2D eigenvalue weighted by Gasteiger charge is -2.42. The van der Waals surface area contributed by atoms with Gasteiger partial charge in [-0.3, -0.25) is 39.2 Å². The molecule has 57 heavy (non-hydrogen) atoms. The summed E-state index contributed by atoms with van der Waals surface area (Å²) in [6.45, 7) is 6.63. The van der Waals surface area contributed by atoms with Gasteiger partial charge < -0.3 is 20.3 Å². The highest BCUT2D eigenvalue weighted by atomic mass is 32.1. The quantitative estimate of drug-likeness (QED) is 0.125. The van der Waals surface area contributed by atoms with Crippen molar-refractivity contribution in [2.75, 3.05) is 48.3 Å². The molecule has 0 radical (unpaired) electrons. The number of alkyl halides is 4. The van der Waals surface area contributed by atoms with Crippen molar-refractivity contribution in [2.24, 2.45) is 0 Å². The first kappa shape index (κ1) is 41.9. The van der Waals surface area contributed by atoms with E-state index in [0.29, 0.717) is 63.2 Å². The summed E-state index contributed by atoms with van der Waals surface area (Å²) in [5.74, 6) is -1.54. The molecule has 2 aromatic carbocycles. The minimum atomic E-state index is -4.78. The zero-order chi connectivity index (χ0) is 41.2.